The maximum Gasteiger partial charge on any atom is 0.0437 e. The Morgan fingerprint density at radius 2 is 1.81 bits per heavy atom. The van der Waals surface area contributed by atoms with Crippen LogP contribution >= 0.6 is 36.4 Å². The minimum absolute atomic E-state index is 0. The van der Waals surface area contributed by atoms with Gasteiger partial charge in [-0.1, -0.05) is 29.8 Å². The Labute approximate surface area is 143 Å². The molecule has 114 valence electrons. The molecule has 1 aromatic carbocycles. The zero-order chi connectivity index (χ0) is 13.1. The first kappa shape index (κ1) is 18.2. The summed E-state index contributed by atoms with van der Waals surface area (Å²) < 4.78 is 0. The van der Waals surface area contributed by atoms with Crippen molar-refractivity contribution < 1.29 is 0 Å². The Bertz CT molecular complexity index is 539. The van der Waals surface area contributed by atoms with Crippen molar-refractivity contribution in [3.63, 3.8) is 0 Å². The molecule has 2 nitrogen and oxygen atoms in total. The van der Waals surface area contributed by atoms with Crippen LogP contribution in [0.4, 0.5) is 0 Å². The molecule has 1 aromatic heterocycles. The molecule has 0 spiro atoms. The Kier molecular flexibility index (Phi) is 6.95. The third kappa shape index (κ3) is 4.10. The van der Waals surface area contributed by atoms with Crippen LogP contribution in [0.1, 0.15) is 30.4 Å². The second kappa shape index (κ2) is 8.00. The fourth-order valence-electron chi connectivity index (χ4n) is 2.64. The summed E-state index contributed by atoms with van der Waals surface area (Å²) in [5, 5.41) is 4.50. The van der Waals surface area contributed by atoms with Crippen molar-refractivity contribution in [1.82, 2.24) is 10.3 Å². The summed E-state index contributed by atoms with van der Waals surface area (Å²) in [6.07, 6.45) is 7.38. The second-order valence-electron chi connectivity index (χ2n) is 5.16. The molecule has 0 aliphatic heterocycles. The second-order valence-corrected chi connectivity index (χ2v) is 5.59. The van der Waals surface area contributed by atoms with Crippen molar-refractivity contribution in [3.8, 4) is 0 Å². The highest BCUT2D eigenvalue weighted by Gasteiger charge is 2.37. The van der Waals surface area contributed by atoms with Crippen molar-refractivity contribution >= 4 is 36.4 Å². The Hall–Kier alpha value is -0.800. The molecule has 1 N–H and O–H groups in total. The summed E-state index contributed by atoms with van der Waals surface area (Å²) in [6.45, 7) is 0.858. The highest BCUT2D eigenvalue weighted by Crippen LogP contribution is 2.41. The lowest BCUT2D eigenvalue weighted by Gasteiger charge is -2.43. The minimum atomic E-state index is 0. The maximum atomic E-state index is 5.97. The van der Waals surface area contributed by atoms with Gasteiger partial charge in [-0.3, -0.25) is 4.98 Å². The number of rotatable bonds is 4. The summed E-state index contributed by atoms with van der Waals surface area (Å²) in [5.41, 5.74) is 2.69. The lowest BCUT2D eigenvalue weighted by molar-refractivity contribution is 0.183. The molecule has 21 heavy (non-hydrogen) atoms. The van der Waals surface area contributed by atoms with Gasteiger partial charge in [0.25, 0.3) is 0 Å². The number of hydrogen-bond donors (Lipinski definition) is 1. The Morgan fingerprint density at radius 1 is 1.10 bits per heavy atom. The minimum Gasteiger partial charge on any atom is -0.303 e. The van der Waals surface area contributed by atoms with Crippen molar-refractivity contribution in [2.45, 2.75) is 31.3 Å². The molecular weight excluding hydrogens is 327 g/mol. The zero-order valence-electron chi connectivity index (χ0n) is 11.6. The molecule has 1 saturated carbocycles. The molecule has 1 fully saturated rings. The lowest BCUT2D eigenvalue weighted by atomic mass is 9.71. The molecule has 0 amide bonds. The monoisotopic (exact) mass is 344 g/mol. The Balaban J connectivity index is 0.00000110. The SMILES string of the molecule is Cl.Cl.Clc1ccc(C2(NCc3cccnc3)CCC2)cc1. The smallest absolute Gasteiger partial charge is 0.0437 e. The number of benzene rings is 1. The molecule has 3 rings (SSSR count). The molecule has 0 unspecified atom stereocenters. The normalized spacial score (nSPS) is 15.3. The first-order valence-electron chi connectivity index (χ1n) is 6.68. The van der Waals surface area contributed by atoms with Gasteiger partial charge in [-0.05, 0) is 48.6 Å². The van der Waals surface area contributed by atoms with Crippen molar-refractivity contribution in [2.24, 2.45) is 0 Å². The first-order chi connectivity index (χ1) is 9.28. The van der Waals surface area contributed by atoms with E-state index >= 15 is 0 Å². The average Bonchev–Trinajstić information content (AvgIpc) is 2.41. The number of hydrogen-bond acceptors (Lipinski definition) is 2. The Morgan fingerprint density at radius 3 is 2.33 bits per heavy atom. The van der Waals surface area contributed by atoms with E-state index < -0.39 is 0 Å². The van der Waals surface area contributed by atoms with Gasteiger partial charge in [0, 0.05) is 29.5 Å². The van der Waals surface area contributed by atoms with E-state index in [0.717, 1.165) is 11.6 Å². The maximum absolute atomic E-state index is 5.97. The van der Waals surface area contributed by atoms with Crippen molar-refractivity contribution in [1.29, 1.82) is 0 Å². The molecule has 1 heterocycles. The van der Waals surface area contributed by atoms with Crippen LogP contribution in [0, 0.1) is 0 Å². The molecule has 1 aliphatic rings. The molecule has 1 aliphatic carbocycles. The van der Waals surface area contributed by atoms with E-state index in [-0.39, 0.29) is 30.4 Å². The standard InChI is InChI=1S/C16H17ClN2.2ClH/c17-15-6-4-14(5-7-15)16(8-2-9-16)19-12-13-3-1-10-18-11-13;;/h1,3-7,10-11,19H,2,8-9,12H2;2*1H. The van der Waals surface area contributed by atoms with Crippen LogP contribution in [0.25, 0.3) is 0 Å². The van der Waals surface area contributed by atoms with Crippen molar-refractivity contribution in [2.75, 3.05) is 0 Å². The third-order valence-electron chi connectivity index (χ3n) is 3.96. The quantitative estimate of drug-likeness (QED) is 0.865. The van der Waals surface area contributed by atoms with Crippen LogP contribution in [0.5, 0.6) is 0 Å². The van der Waals surface area contributed by atoms with Crippen LogP contribution < -0.4 is 5.32 Å². The van der Waals surface area contributed by atoms with E-state index in [4.69, 9.17) is 11.6 Å². The van der Waals surface area contributed by atoms with Crippen LogP contribution in [-0.2, 0) is 12.1 Å². The predicted octanol–water partition coefficient (Wildman–Crippen LogP) is 4.75. The van der Waals surface area contributed by atoms with Gasteiger partial charge < -0.3 is 5.32 Å². The summed E-state index contributed by atoms with van der Waals surface area (Å²) >= 11 is 5.97. The number of nitrogens with one attached hydrogen (secondary N) is 1. The molecule has 2 aromatic rings. The molecule has 0 radical (unpaired) electrons. The summed E-state index contributed by atoms with van der Waals surface area (Å²) in [4.78, 5) is 4.16. The lowest BCUT2D eigenvalue weighted by Crippen LogP contribution is -2.47. The van der Waals surface area contributed by atoms with Gasteiger partial charge in [0.1, 0.15) is 0 Å². The molecule has 0 atom stereocenters. The van der Waals surface area contributed by atoms with Gasteiger partial charge in [0.2, 0.25) is 0 Å². The van der Waals surface area contributed by atoms with E-state index in [1.165, 1.54) is 30.4 Å². The summed E-state index contributed by atoms with van der Waals surface area (Å²) in [5.74, 6) is 0. The third-order valence-corrected chi connectivity index (χ3v) is 4.21. The fourth-order valence-corrected chi connectivity index (χ4v) is 2.77. The number of pyridine rings is 1. The highest BCUT2D eigenvalue weighted by atomic mass is 35.5. The average molecular weight is 346 g/mol. The van der Waals surface area contributed by atoms with Crippen LogP contribution in [0.15, 0.2) is 48.8 Å². The topological polar surface area (TPSA) is 24.9 Å². The van der Waals surface area contributed by atoms with Gasteiger partial charge in [-0.2, -0.15) is 0 Å². The molecule has 0 saturated heterocycles. The molecular formula is C16H19Cl3N2. The van der Waals surface area contributed by atoms with E-state index in [1.807, 2.05) is 30.6 Å². The fraction of sp³-hybridized carbons (Fsp3) is 0.312. The summed E-state index contributed by atoms with van der Waals surface area (Å²) in [7, 11) is 0. The van der Waals surface area contributed by atoms with Gasteiger partial charge in [-0.15, -0.1) is 24.8 Å². The van der Waals surface area contributed by atoms with E-state index in [1.54, 1.807) is 0 Å². The number of aromatic nitrogens is 1. The van der Waals surface area contributed by atoms with Gasteiger partial charge in [0.15, 0.2) is 0 Å². The largest absolute Gasteiger partial charge is 0.303 e. The summed E-state index contributed by atoms with van der Waals surface area (Å²) in [6, 6.07) is 12.3. The van der Waals surface area contributed by atoms with Gasteiger partial charge in [-0.25, -0.2) is 0 Å². The first-order valence-corrected chi connectivity index (χ1v) is 7.06. The van der Waals surface area contributed by atoms with E-state index in [0.29, 0.717) is 0 Å². The zero-order valence-corrected chi connectivity index (χ0v) is 14.0. The number of halogens is 3. The van der Waals surface area contributed by atoms with E-state index in [2.05, 4.69) is 28.5 Å². The molecule has 0 bridgehead atoms. The van der Waals surface area contributed by atoms with Crippen LogP contribution in [0.3, 0.4) is 0 Å². The highest BCUT2D eigenvalue weighted by molar-refractivity contribution is 6.30. The predicted molar refractivity (Wildman–Crippen MR) is 92.6 cm³/mol. The van der Waals surface area contributed by atoms with Gasteiger partial charge >= 0.3 is 0 Å². The number of nitrogens with zero attached hydrogens (tertiary/aromatic N) is 1. The van der Waals surface area contributed by atoms with Gasteiger partial charge in [0.05, 0.1) is 0 Å². The van der Waals surface area contributed by atoms with E-state index in [9.17, 15) is 0 Å². The van der Waals surface area contributed by atoms with Crippen LogP contribution in [-0.4, -0.2) is 4.98 Å². The molecule has 5 heteroatoms. The van der Waals surface area contributed by atoms with Crippen molar-refractivity contribution in [3.05, 3.63) is 64.9 Å². The van der Waals surface area contributed by atoms with Crippen LogP contribution in [0.2, 0.25) is 5.02 Å².